The van der Waals surface area contributed by atoms with E-state index in [4.69, 9.17) is 0 Å². The van der Waals surface area contributed by atoms with Crippen molar-refractivity contribution in [2.75, 3.05) is 10.2 Å². The lowest BCUT2D eigenvalue weighted by molar-refractivity contribution is -0.137. The first-order chi connectivity index (χ1) is 20.1. The molecule has 42 heavy (non-hydrogen) atoms. The molecule has 0 fully saturated rings. The van der Waals surface area contributed by atoms with Crippen LogP contribution in [0.15, 0.2) is 103 Å². The third-order valence-electron chi connectivity index (χ3n) is 7.02. The second kappa shape index (κ2) is 11.3. The molecule has 212 valence electrons. The summed E-state index contributed by atoms with van der Waals surface area (Å²) in [6, 6.07) is 25.5. The van der Waals surface area contributed by atoms with E-state index in [-0.39, 0.29) is 5.75 Å². The number of nitrogens with zero attached hydrogens (tertiary/aromatic N) is 2. The molecule has 5 aromatic rings. The number of rotatable bonds is 7. The molecule has 1 aromatic heterocycles. The summed E-state index contributed by atoms with van der Waals surface area (Å²) < 4.78 is 40.8. The van der Waals surface area contributed by atoms with Crippen molar-refractivity contribution in [3.05, 3.63) is 120 Å². The molecule has 9 heteroatoms. The van der Waals surface area contributed by atoms with Gasteiger partial charge in [-0.25, -0.2) is 0 Å². The van der Waals surface area contributed by atoms with Crippen molar-refractivity contribution in [1.29, 1.82) is 0 Å². The molecule has 4 aromatic carbocycles. The number of halogens is 3. The second-order valence-corrected chi connectivity index (χ2v) is 9.75. The minimum absolute atomic E-state index is 0.174. The molecule has 0 radical (unpaired) electrons. The molecule has 2 N–H and O–H groups in total. The Morgan fingerprint density at radius 3 is 2.02 bits per heavy atom. The maximum atomic E-state index is 13.4. The van der Waals surface area contributed by atoms with E-state index >= 15 is 0 Å². The van der Waals surface area contributed by atoms with Gasteiger partial charge in [0.05, 0.1) is 16.9 Å². The van der Waals surface area contributed by atoms with Crippen LogP contribution in [0.5, 0.6) is 5.75 Å². The number of phenolic OH excluding ortho intramolecular Hbond substituents is 1. The van der Waals surface area contributed by atoms with E-state index in [2.05, 4.69) is 5.32 Å². The van der Waals surface area contributed by atoms with Crippen LogP contribution in [-0.4, -0.2) is 22.0 Å². The molecule has 0 unspecified atom stereocenters. The molecular formula is C33H26F3N3O3. The zero-order chi connectivity index (χ0) is 30.0. The van der Waals surface area contributed by atoms with Crippen molar-refractivity contribution in [2.24, 2.45) is 7.05 Å². The van der Waals surface area contributed by atoms with E-state index in [0.29, 0.717) is 45.9 Å². The van der Waals surface area contributed by atoms with Gasteiger partial charge in [0.25, 0.3) is 5.91 Å². The predicted octanol–water partition coefficient (Wildman–Crippen LogP) is 7.94. The van der Waals surface area contributed by atoms with Crippen LogP contribution in [0.4, 0.5) is 30.4 Å². The minimum Gasteiger partial charge on any atom is -0.508 e. The van der Waals surface area contributed by atoms with E-state index in [1.54, 1.807) is 73.3 Å². The predicted molar refractivity (Wildman–Crippen MR) is 157 cm³/mol. The Morgan fingerprint density at radius 2 is 1.43 bits per heavy atom. The number of anilines is 3. The van der Waals surface area contributed by atoms with Gasteiger partial charge in [-0.1, -0.05) is 54.6 Å². The van der Waals surface area contributed by atoms with E-state index in [1.807, 2.05) is 24.3 Å². The monoisotopic (exact) mass is 569 g/mol. The summed E-state index contributed by atoms with van der Waals surface area (Å²) in [7, 11) is 1.76. The number of benzene rings is 4. The first-order valence-electron chi connectivity index (χ1n) is 12.9. The van der Waals surface area contributed by atoms with Crippen LogP contribution in [-0.2, 0) is 18.0 Å². The summed E-state index contributed by atoms with van der Waals surface area (Å²) in [5.41, 5.74) is 4.04. The summed E-state index contributed by atoms with van der Waals surface area (Å²) in [4.78, 5) is 27.2. The number of aryl methyl sites for hydroxylation is 1. The van der Waals surface area contributed by atoms with Crippen LogP contribution in [0.1, 0.15) is 21.5 Å². The van der Waals surface area contributed by atoms with Gasteiger partial charge in [0.1, 0.15) is 11.6 Å². The summed E-state index contributed by atoms with van der Waals surface area (Å²) in [5.74, 6) is 0.281. The molecule has 0 bridgehead atoms. The molecule has 2 amide bonds. The van der Waals surface area contributed by atoms with Crippen LogP contribution in [0.3, 0.4) is 0 Å². The van der Waals surface area contributed by atoms with Crippen molar-refractivity contribution < 1.29 is 27.9 Å². The third kappa shape index (κ3) is 5.62. The topological polar surface area (TPSA) is 74.6 Å². The average molecular weight is 570 g/mol. The first-order valence-corrected chi connectivity index (χ1v) is 12.9. The van der Waals surface area contributed by atoms with Crippen LogP contribution in [0.2, 0.25) is 0 Å². The number of alkyl halides is 3. The fourth-order valence-electron chi connectivity index (χ4n) is 4.88. The smallest absolute Gasteiger partial charge is 0.416 e. The highest BCUT2D eigenvalue weighted by Gasteiger charge is 2.30. The van der Waals surface area contributed by atoms with E-state index in [9.17, 15) is 27.9 Å². The van der Waals surface area contributed by atoms with Crippen molar-refractivity contribution >= 4 is 29.5 Å². The molecule has 0 spiro atoms. The van der Waals surface area contributed by atoms with Crippen molar-refractivity contribution in [1.82, 2.24) is 4.57 Å². The van der Waals surface area contributed by atoms with Crippen LogP contribution in [0.25, 0.3) is 22.3 Å². The van der Waals surface area contributed by atoms with Crippen molar-refractivity contribution in [2.45, 2.75) is 13.1 Å². The Bertz CT molecular complexity index is 1740. The Labute approximate surface area is 240 Å². The molecule has 1 heterocycles. The molecular weight excluding hydrogens is 543 g/mol. The largest absolute Gasteiger partial charge is 0.508 e. The van der Waals surface area contributed by atoms with E-state index < -0.39 is 17.6 Å². The maximum Gasteiger partial charge on any atom is 0.416 e. The number of nitrogens with one attached hydrogen (secondary N) is 1. The Kier molecular flexibility index (Phi) is 7.58. The van der Waals surface area contributed by atoms with Crippen molar-refractivity contribution in [3.8, 4) is 28.0 Å². The zero-order valence-corrected chi connectivity index (χ0v) is 22.7. The Morgan fingerprint density at radius 1 is 0.857 bits per heavy atom. The third-order valence-corrected chi connectivity index (χ3v) is 7.02. The lowest BCUT2D eigenvalue weighted by atomic mass is 9.98. The number of aromatic hydroxyl groups is 1. The summed E-state index contributed by atoms with van der Waals surface area (Å²) >= 11 is 0. The number of hydrogen-bond donors (Lipinski definition) is 2. The Balaban J connectivity index is 1.40. The van der Waals surface area contributed by atoms with Gasteiger partial charge in [0, 0.05) is 24.4 Å². The van der Waals surface area contributed by atoms with E-state index in [0.717, 1.165) is 23.3 Å². The van der Waals surface area contributed by atoms with Crippen molar-refractivity contribution in [3.63, 3.8) is 0 Å². The van der Waals surface area contributed by atoms with Gasteiger partial charge in [-0.15, -0.1) is 0 Å². The maximum absolute atomic E-state index is 13.4. The van der Waals surface area contributed by atoms with Gasteiger partial charge in [-0.2, -0.15) is 13.2 Å². The number of aromatic nitrogens is 1. The Hall–Kier alpha value is -5.31. The number of hydrogen-bond acceptors (Lipinski definition) is 3. The molecule has 0 saturated carbocycles. The van der Waals surface area contributed by atoms with Gasteiger partial charge < -0.3 is 15.0 Å². The normalized spacial score (nSPS) is 11.3. The summed E-state index contributed by atoms with van der Waals surface area (Å²) in [6.45, 7) is 1.79. The average Bonchev–Trinajstić information content (AvgIpc) is 3.26. The van der Waals surface area contributed by atoms with Crippen LogP contribution >= 0.6 is 0 Å². The van der Waals surface area contributed by atoms with Crippen LogP contribution < -0.4 is 10.2 Å². The molecule has 0 saturated heterocycles. The lowest BCUT2D eigenvalue weighted by Gasteiger charge is -2.20. The highest BCUT2D eigenvalue weighted by molar-refractivity contribution is 6.09. The minimum atomic E-state index is -4.46. The number of amides is 2. The summed E-state index contributed by atoms with van der Waals surface area (Å²) in [5, 5.41) is 12.4. The van der Waals surface area contributed by atoms with Crippen LogP contribution in [0, 0.1) is 6.92 Å². The van der Waals surface area contributed by atoms with Gasteiger partial charge in [-0.05, 0) is 71.6 Å². The fraction of sp³-hybridized carbons (Fsp3) is 0.0909. The number of carbonyl (C=O) groups excluding carboxylic acids is 2. The fourth-order valence-corrected chi connectivity index (χ4v) is 4.88. The standard InChI is InChI=1S/C33H26F3N3O3/c1-21-30(37-31(42)29-6-4-3-5-28(29)24-7-13-25(14-8-24)33(34,35)36)19-38(2)32(21)39(20-40)26-15-9-22(10-16-26)23-11-17-27(41)18-12-23/h3-20,41H,1-2H3,(H,37,42). The second-order valence-electron chi connectivity index (χ2n) is 9.75. The summed E-state index contributed by atoms with van der Waals surface area (Å²) in [6.07, 6.45) is -2.06. The van der Waals surface area contributed by atoms with Gasteiger partial charge in [-0.3, -0.25) is 14.5 Å². The molecule has 0 aliphatic rings. The molecule has 0 atom stereocenters. The lowest BCUT2D eigenvalue weighted by Crippen LogP contribution is -2.18. The molecule has 0 aliphatic carbocycles. The van der Waals surface area contributed by atoms with E-state index in [1.165, 1.54) is 17.0 Å². The zero-order valence-electron chi connectivity index (χ0n) is 22.7. The number of phenols is 1. The van der Waals surface area contributed by atoms with Gasteiger partial charge >= 0.3 is 6.18 Å². The van der Waals surface area contributed by atoms with Gasteiger partial charge in [0.2, 0.25) is 6.41 Å². The molecule has 5 rings (SSSR count). The van der Waals surface area contributed by atoms with Gasteiger partial charge in [0.15, 0.2) is 0 Å². The number of carbonyl (C=O) groups is 2. The highest BCUT2D eigenvalue weighted by atomic mass is 19.4. The molecule has 6 nitrogen and oxygen atoms in total. The molecule has 0 aliphatic heterocycles. The highest BCUT2D eigenvalue weighted by Crippen LogP contribution is 2.35. The SMILES string of the molecule is Cc1c(NC(=O)c2ccccc2-c2ccc(C(F)(F)F)cc2)cn(C)c1N(C=O)c1ccc(-c2ccc(O)cc2)cc1. The first kappa shape index (κ1) is 28.2. The quantitative estimate of drug-likeness (QED) is 0.196.